The number of hydrogen-bond donors (Lipinski definition) is 3. The maximum Gasteiger partial charge on any atom is 0.357 e. The molecule has 1 unspecified atom stereocenters. The number of aromatic nitrogens is 4. The van der Waals surface area contributed by atoms with E-state index < -0.39 is 19.0 Å². The molecule has 0 aliphatic rings. The fraction of sp³-hybridized carbons (Fsp3) is 0.400. The van der Waals surface area contributed by atoms with Crippen molar-refractivity contribution in [1.82, 2.24) is 19.5 Å². The smallest absolute Gasteiger partial charge is 0.357 e. The van der Waals surface area contributed by atoms with Crippen LogP contribution < -0.4 is 5.73 Å². The molecule has 0 amide bonds. The molecule has 0 spiro atoms. The Balaban J connectivity index is 2.27. The van der Waals surface area contributed by atoms with Gasteiger partial charge in [0.25, 0.3) is 0 Å². The first-order valence-electron chi connectivity index (χ1n) is 7.60. The van der Waals surface area contributed by atoms with Crippen LogP contribution in [-0.2, 0) is 15.8 Å². The molecule has 4 N–H and O–H groups in total. The summed E-state index contributed by atoms with van der Waals surface area (Å²) in [5, 5.41) is -1.69. The lowest BCUT2D eigenvalue weighted by molar-refractivity contribution is -0.0497. The molecule has 0 saturated heterocycles. The Morgan fingerprint density at radius 1 is 1.36 bits per heavy atom. The zero-order valence-electron chi connectivity index (χ0n) is 13.9. The topological polar surface area (TPSA) is 136 Å². The van der Waals surface area contributed by atoms with E-state index in [-0.39, 0.29) is 25.2 Å². The van der Waals surface area contributed by atoms with Crippen LogP contribution >= 0.6 is 7.60 Å². The molecular weight excluding hydrogens is 345 g/mol. The lowest BCUT2D eigenvalue weighted by Gasteiger charge is -2.35. The molecule has 0 saturated carbocycles. The van der Waals surface area contributed by atoms with Gasteiger partial charge in [-0.2, -0.15) is 0 Å². The van der Waals surface area contributed by atoms with Gasteiger partial charge in [-0.15, -0.1) is 13.2 Å². The van der Waals surface area contributed by atoms with Crippen LogP contribution in [0.25, 0.3) is 11.2 Å². The summed E-state index contributed by atoms with van der Waals surface area (Å²) < 4.78 is 19.6. The summed E-state index contributed by atoms with van der Waals surface area (Å²) in [7, 11) is -4.57. The van der Waals surface area contributed by atoms with Crippen molar-refractivity contribution in [2.45, 2.75) is 37.8 Å². The van der Waals surface area contributed by atoms with Crippen molar-refractivity contribution < 1.29 is 19.1 Å². The normalized spacial score (nSPS) is 13.7. The molecule has 2 heterocycles. The highest BCUT2D eigenvalue weighted by atomic mass is 31.2. The van der Waals surface area contributed by atoms with Gasteiger partial charge < -0.3 is 24.8 Å². The molecule has 2 rings (SSSR count). The number of nitrogens with zero attached hydrogens (tertiary/aromatic N) is 4. The summed E-state index contributed by atoms with van der Waals surface area (Å²) in [6, 6.07) is 0. The molecule has 25 heavy (non-hydrogen) atoms. The van der Waals surface area contributed by atoms with Gasteiger partial charge >= 0.3 is 7.60 Å². The number of ether oxygens (including phenoxy) is 1. The van der Waals surface area contributed by atoms with Crippen LogP contribution in [-0.4, -0.2) is 40.8 Å². The summed E-state index contributed by atoms with van der Waals surface area (Å²) in [5.74, 6) is 0.264. The monoisotopic (exact) mass is 367 g/mol. The summed E-state index contributed by atoms with van der Waals surface area (Å²) >= 11 is 0. The Morgan fingerprint density at radius 3 is 2.56 bits per heavy atom. The van der Waals surface area contributed by atoms with E-state index in [0.717, 1.165) is 0 Å². The number of hydrogen-bond acceptors (Lipinski definition) is 6. The first-order valence-corrected chi connectivity index (χ1v) is 9.22. The quantitative estimate of drug-likeness (QED) is 0.451. The summed E-state index contributed by atoms with van der Waals surface area (Å²) in [6.45, 7) is 9.14. The van der Waals surface area contributed by atoms with Crippen LogP contribution in [0.5, 0.6) is 0 Å². The second-order valence-electron chi connectivity index (χ2n) is 5.73. The predicted octanol–water partition coefficient (Wildman–Crippen LogP) is 1.84. The van der Waals surface area contributed by atoms with Gasteiger partial charge in [-0.25, -0.2) is 15.0 Å². The zero-order chi connectivity index (χ0) is 18.7. The Morgan fingerprint density at radius 2 is 2.00 bits per heavy atom. The van der Waals surface area contributed by atoms with Crippen LogP contribution in [0.3, 0.4) is 0 Å². The standard InChI is InChI=1S/C15H22N5O4P/c1-4-6-15(7-5-2,25(21,22)23)24-11(3)8-20-10-19-12-13(16)17-9-18-14(12)20/h4-5,9-11H,1-2,6-8H2,3H3,(H2,16,17,18)(H2,21,22,23). The van der Waals surface area contributed by atoms with Crippen molar-refractivity contribution in [3.63, 3.8) is 0 Å². The molecule has 0 bridgehead atoms. The summed E-state index contributed by atoms with van der Waals surface area (Å²) in [4.78, 5) is 31.8. The molecule has 0 aliphatic carbocycles. The minimum atomic E-state index is -4.57. The maximum atomic E-state index is 12.0. The first kappa shape index (κ1) is 19.3. The molecule has 136 valence electrons. The van der Waals surface area contributed by atoms with E-state index in [9.17, 15) is 14.4 Å². The van der Waals surface area contributed by atoms with Crippen molar-refractivity contribution in [1.29, 1.82) is 0 Å². The Kier molecular flexibility index (Phi) is 5.74. The van der Waals surface area contributed by atoms with E-state index >= 15 is 0 Å². The van der Waals surface area contributed by atoms with Crippen molar-refractivity contribution in [3.8, 4) is 0 Å². The second kappa shape index (κ2) is 7.45. The van der Waals surface area contributed by atoms with Crippen LogP contribution in [0.15, 0.2) is 38.0 Å². The van der Waals surface area contributed by atoms with Crippen molar-refractivity contribution in [2.75, 3.05) is 5.73 Å². The Hall–Kier alpha value is -2.06. The van der Waals surface area contributed by atoms with Gasteiger partial charge in [0, 0.05) is 12.8 Å². The molecular formula is C15H22N5O4P. The third kappa shape index (κ3) is 3.96. The molecule has 10 heteroatoms. The number of fused-ring (bicyclic) bond motifs is 1. The molecule has 1 atom stereocenters. The number of nitrogen functional groups attached to an aromatic ring is 1. The second-order valence-corrected chi connectivity index (χ2v) is 7.64. The SMILES string of the molecule is C=CCC(CC=C)(OC(C)Cn1cnc2c(N)ncnc21)P(=O)(O)O. The molecule has 2 aromatic heterocycles. The lowest BCUT2D eigenvalue weighted by Crippen LogP contribution is -2.36. The van der Waals surface area contributed by atoms with Gasteiger partial charge in [0.15, 0.2) is 16.8 Å². The molecule has 0 fully saturated rings. The predicted molar refractivity (Wildman–Crippen MR) is 94.7 cm³/mol. The Bertz CT molecular complexity index is 805. The molecule has 9 nitrogen and oxygen atoms in total. The van der Waals surface area contributed by atoms with E-state index in [0.29, 0.717) is 11.2 Å². The molecule has 0 aromatic carbocycles. The zero-order valence-corrected chi connectivity index (χ0v) is 14.8. The molecule has 0 radical (unpaired) electrons. The molecule has 0 aliphatic heterocycles. The van der Waals surface area contributed by atoms with Crippen molar-refractivity contribution in [3.05, 3.63) is 38.0 Å². The number of anilines is 1. The van der Waals surface area contributed by atoms with Crippen LogP contribution in [0, 0.1) is 0 Å². The van der Waals surface area contributed by atoms with Crippen molar-refractivity contribution >= 4 is 24.6 Å². The van der Waals surface area contributed by atoms with E-state index in [4.69, 9.17) is 10.5 Å². The van der Waals surface area contributed by atoms with Crippen LogP contribution in [0.1, 0.15) is 19.8 Å². The lowest BCUT2D eigenvalue weighted by atomic mass is 10.1. The van der Waals surface area contributed by atoms with Gasteiger partial charge in [0.05, 0.1) is 19.0 Å². The number of rotatable bonds is 9. The minimum Gasteiger partial charge on any atom is -0.382 e. The number of nitrogens with two attached hydrogens (primary N) is 1. The van der Waals surface area contributed by atoms with Gasteiger partial charge in [-0.3, -0.25) is 4.57 Å². The van der Waals surface area contributed by atoms with Crippen LogP contribution in [0.2, 0.25) is 0 Å². The highest BCUT2D eigenvalue weighted by molar-refractivity contribution is 7.53. The van der Waals surface area contributed by atoms with Gasteiger partial charge in [0.2, 0.25) is 0 Å². The fourth-order valence-electron chi connectivity index (χ4n) is 2.66. The molecule has 2 aromatic rings. The highest BCUT2D eigenvalue weighted by Crippen LogP contribution is 2.56. The average Bonchev–Trinajstić information content (AvgIpc) is 2.91. The third-order valence-corrected chi connectivity index (χ3v) is 5.29. The van der Waals surface area contributed by atoms with Gasteiger partial charge in [0.1, 0.15) is 11.8 Å². The van der Waals surface area contributed by atoms with Crippen molar-refractivity contribution in [2.24, 2.45) is 0 Å². The van der Waals surface area contributed by atoms with Gasteiger partial charge in [-0.1, -0.05) is 12.2 Å². The number of imidazole rings is 1. The van der Waals surface area contributed by atoms with Gasteiger partial charge in [-0.05, 0) is 6.92 Å². The van der Waals surface area contributed by atoms with E-state index in [1.54, 1.807) is 11.5 Å². The summed E-state index contributed by atoms with van der Waals surface area (Å²) in [5.41, 5.74) is 6.75. The largest absolute Gasteiger partial charge is 0.382 e. The average molecular weight is 367 g/mol. The van der Waals surface area contributed by atoms with E-state index in [2.05, 4.69) is 28.1 Å². The van der Waals surface area contributed by atoms with E-state index in [1.807, 2.05) is 0 Å². The summed E-state index contributed by atoms with van der Waals surface area (Å²) in [6.07, 6.45) is 5.17. The highest BCUT2D eigenvalue weighted by Gasteiger charge is 2.47. The Labute approximate surface area is 145 Å². The fourth-order valence-corrected chi connectivity index (χ4v) is 3.71. The minimum absolute atomic E-state index is 0.00652. The third-order valence-electron chi connectivity index (χ3n) is 3.76. The van der Waals surface area contributed by atoms with Crippen LogP contribution in [0.4, 0.5) is 5.82 Å². The first-order chi connectivity index (χ1) is 11.7. The van der Waals surface area contributed by atoms with E-state index in [1.165, 1.54) is 24.8 Å². The maximum absolute atomic E-state index is 12.0.